The lowest BCUT2D eigenvalue weighted by atomic mass is 10.3. The molecule has 0 atom stereocenters. The van der Waals surface area contributed by atoms with Crippen molar-refractivity contribution in [2.75, 3.05) is 11.9 Å². The highest BCUT2D eigenvalue weighted by Gasteiger charge is 2.10. The molecule has 0 aliphatic rings. The second kappa shape index (κ2) is 6.49. The molecule has 0 radical (unpaired) electrons. The van der Waals surface area contributed by atoms with Crippen LogP contribution in [0, 0.1) is 0 Å². The number of carbonyl (C=O) groups excluding carboxylic acids is 1. The maximum absolute atomic E-state index is 12.0. The third-order valence-corrected chi connectivity index (χ3v) is 2.39. The van der Waals surface area contributed by atoms with Gasteiger partial charge in [-0.05, 0) is 18.6 Å². The predicted octanol–water partition coefficient (Wildman–Crippen LogP) is 2.52. The summed E-state index contributed by atoms with van der Waals surface area (Å²) in [6, 6.07) is 7.31. The molecule has 2 aromatic rings. The summed E-state index contributed by atoms with van der Waals surface area (Å²) in [5.74, 6) is 0.349. The zero-order valence-electron chi connectivity index (χ0n) is 10.7. The van der Waals surface area contributed by atoms with Crippen LogP contribution >= 0.6 is 0 Å². The van der Waals surface area contributed by atoms with E-state index < -0.39 is 0 Å². The van der Waals surface area contributed by atoms with Gasteiger partial charge in [0, 0.05) is 12.4 Å². The molecule has 1 heterocycles. The van der Waals surface area contributed by atoms with Gasteiger partial charge in [0.05, 0.1) is 18.5 Å². The van der Waals surface area contributed by atoms with Gasteiger partial charge in [-0.25, -0.2) is 4.98 Å². The normalized spacial score (nSPS) is 9.95. The Morgan fingerprint density at radius 3 is 2.89 bits per heavy atom. The molecular weight excluding hydrogens is 242 g/mol. The van der Waals surface area contributed by atoms with Gasteiger partial charge in [-0.2, -0.15) is 0 Å². The Kier molecular flexibility index (Phi) is 4.44. The van der Waals surface area contributed by atoms with Crippen molar-refractivity contribution >= 4 is 11.6 Å². The van der Waals surface area contributed by atoms with E-state index in [0.29, 0.717) is 18.0 Å². The number of nitrogens with zero attached hydrogens (tertiary/aromatic N) is 2. The van der Waals surface area contributed by atoms with Crippen molar-refractivity contribution in [3.63, 3.8) is 0 Å². The van der Waals surface area contributed by atoms with Crippen LogP contribution in [0.25, 0.3) is 0 Å². The van der Waals surface area contributed by atoms with Gasteiger partial charge >= 0.3 is 0 Å². The topological polar surface area (TPSA) is 64.1 Å². The molecule has 98 valence electrons. The average Bonchev–Trinajstić information content (AvgIpc) is 2.47. The Hall–Kier alpha value is -2.43. The molecule has 0 spiro atoms. The molecule has 1 N–H and O–H groups in total. The summed E-state index contributed by atoms with van der Waals surface area (Å²) < 4.78 is 5.57. The molecule has 0 saturated heterocycles. The van der Waals surface area contributed by atoms with E-state index in [1.165, 1.54) is 18.6 Å². The fourth-order valence-electron chi connectivity index (χ4n) is 1.51. The number of nitrogens with one attached hydrogen (secondary N) is 1. The first-order valence-corrected chi connectivity index (χ1v) is 6.10. The van der Waals surface area contributed by atoms with Gasteiger partial charge in [0.2, 0.25) is 0 Å². The van der Waals surface area contributed by atoms with Gasteiger partial charge in [0.25, 0.3) is 5.91 Å². The monoisotopic (exact) mass is 257 g/mol. The minimum Gasteiger partial charge on any atom is -0.491 e. The SMILES string of the molecule is CCCOc1ccccc1NC(=O)c1cnccn1. The lowest BCUT2D eigenvalue weighted by molar-refractivity contribution is 0.102. The van der Waals surface area contributed by atoms with E-state index in [-0.39, 0.29) is 11.6 Å². The molecule has 0 aliphatic carbocycles. The van der Waals surface area contributed by atoms with Gasteiger partial charge in [-0.1, -0.05) is 19.1 Å². The van der Waals surface area contributed by atoms with Crippen LogP contribution < -0.4 is 10.1 Å². The number of anilines is 1. The first-order valence-electron chi connectivity index (χ1n) is 6.10. The number of amides is 1. The molecular formula is C14H15N3O2. The number of hydrogen-bond acceptors (Lipinski definition) is 4. The lowest BCUT2D eigenvalue weighted by Crippen LogP contribution is -2.14. The largest absolute Gasteiger partial charge is 0.491 e. The van der Waals surface area contributed by atoms with Crippen molar-refractivity contribution < 1.29 is 9.53 Å². The molecule has 0 fully saturated rings. The third kappa shape index (κ3) is 3.51. The van der Waals surface area contributed by atoms with Crippen LogP contribution in [-0.4, -0.2) is 22.5 Å². The van der Waals surface area contributed by atoms with Crippen LogP contribution in [0.1, 0.15) is 23.8 Å². The van der Waals surface area contributed by atoms with Crippen LogP contribution in [0.2, 0.25) is 0 Å². The summed E-state index contributed by atoms with van der Waals surface area (Å²) in [7, 11) is 0. The molecule has 5 nitrogen and oxygen atoms in total. The van der Waals surface area contributed by atoms with E-state index in [0.717, 1.165) is 6.42 Å². The summed E-state index contributed by atoms with van der Waals surface area (Å²) in [4.78, 5) is 19.8. The van der Waals surface area contributed by atoms with Crippen molar-refractivity contribution in [1.82, 2.24) is 9.97 Å². The first-order chi connectivity index (χ1) is 9.31. The van der Waals surface area contributed by atoms with Gasteiger partial charge in [-0.15, -0.1) is 0 Å². The van der Waals surface area contributed by atoms with E-state index in [1.54, 1.807) is 6.07 Å². The van der Waals surface area contributed by atoms with Crippen LogP contribution in [0.5, 0.6) is 5.75 Å². The highest BCUT2D eigenvalue weighted by Crippen LogP contribution is 2.24. The number of benzene rings is 1. The molecule has 2 rings (SSSR count). The van der Waals surface area contributed by atoms with E-state index in [1.807, 2.05) is 25.1 Å². The fourth-order valence-corrected chi connectivity index (χ4v) is 1.51. The summed E-state index contributed by atoms with van der Waals surface area (Å²) >= 11 is 0. The number of hydrogen-bond donors (Lipinski definition) is 1. The molecule has 19 heavy (non-hydrogen) atoms. The summed E-state index contributed by atoms with van der Waals surface area (Å²) in [5.41, 5.74) is 0.902. The quantitative estimate of drug-likeness (QED) is 0.893. The number of rotatable bonds is 5. The van der Waals surface area contributed by atoms with Crippen LogP contribution in [0.3, 0.4) is 0 Å². The predicted molar refractivity (Wildman–Crippen MR) is 72.2 cm³/mol. The van der Waals surface area contributed by atoms with Gasteiger partial charge in [0.15, 0.2) is 0 Å². The van der Waals surface area contributed by atoms with Crippen molar-refractivity contribution in [3.05, 3.63) is 48.5 Å². The van der Waals surface area contributed by atoms with Crippen molar-refractivity contribution in [1.29, 1.82) is 0 Å². The summed E-state index contributed by atoms with van der Waals surface area (Å²) in [6.45, 7) is 2.64. The molecule has 1 aromatic carbocycles. The third-order valence-electron chi connectivity index (χ3n) is 2.39. The van der Waals surface area contributed by atoms with Crippen molar-refractivity contribution in [2.24, 2.45) is 0 Å². The van der Waals surface area contributed by atoms with E-state index >= 15 is 0 Å². The molecule has 0 unspecified atom stereocenters. The zero-order valence-corrected chi connectivity index (χ0v) is 10.7. The first kappa shape index (κ1) is 13.0. The van der Waals surface area contributed by atoms with Crippen molar-refractivity contribution in [2.45, 2.75) is 13.3 Å². The van der Waals surface area contributed by atoms with Gasteiger partial charge in [-0.3, -0.25) is 9.78 Å². The number of ether oxygens (including phenoxy) is 1. The standard InChI is InChI=1S/C14H15N3O2/c1-2-9-19-13-6-4-3-5-11(13)17-14(18)12-10-15-7-8-16-12/h3-8,10H,2,9H2,1H3,(H,17,18). The molecule has 5 heteroatoms. The van der Waals surface area contributed by atoms with Crippen molar-refractivity contribution in [3.8, 4) is 5.75 Å². The minimum absolute atomic E-state index is 0.271. The average molecular weight is 257 g/mol. The maximum Gasteiger partial charge on any atom is 0.275 e. The Morgan fingerprint density at radius 1 is 1.32 bits per heavy atom. The Morgan fingerprint density at radius 2 is 2.16 bits per heavy atom. The van der Waals surface area contributed by atoms with E-state index in [2.05, 4.69) is 15.3 Å². The highest BCUT2D eigenvalue weighted by molar-refractivity contribution is 6.03. The number of carbonyl (C=O) groups is 1. The van der Waals surface area contributed by atoms with Crippen LogP contribution in [0.4, 0.5) is 5.69 Å². The molecule has 1 amide bonds. The summed E-state index contributed by atoms with van der Waals surface area (Å²) in [6.07, 6.45) is 5.33. The number of para-hydroxylation sites is 2. The van der Waals surface area contributed by atoms with Gasteiger partial charge < -0.3 is 10.1 Å². The Balaban J connectivity index is 2.12. The van der Waals surface area contributed by atoms with Crippen LogP contribution in [0.15, 0.2) is 42.9 Å². The summed E-state index contributed by atoms with van der Waals surface area (Å²) in [5, 5.41) is 2.77. The Bertz CT molecular complexity index is 543. The highest BCUT2D eigenvalue weighted by atomic mass is 16.5. The van der Waals surface area contributed by atoms with E-state index in [4.69, 9.17) is 4.74 Å². The molecule has 0 saturated carbocycles. The van der Waals surface area contributed by atoms with Crippen LogP contribution in [-0.2, 0) is 0 Å². The zero-order chi connectivity index (χ0) is 13.5. The Labute approximate surface area is 111 Å². The molecule has 0 bridgehead atoms. The minimum atomic E-state index is -0.305. The fraction of sp³-hybridized carbons (Fsp3) is 0.214. The number of aromatic nitrogens is 2. The molecule has 1 aromatic heterocycles. The maximum atomic E-state index is 12.0. The second-order valence-corrected chi connectivity index (χ2v) is 3.89. The lowest BCUT2D eigenvalue weighted by Gasteiger charge is -2.11. The smallest absolute Gasteiger partial charge is 0.275 e. The second-order valence-electron chi connectivity index (χ2n) is 3.89. The van der Waals surface area contributed by atoms with Gasteiger partial charge in [0.1, 0.15) is 11.4 Å². The molecule has 0 aliphatic heterocycles. The van der Waals surface area contributed by atoms with E-state index in [9.17, 15) is 4.79 Å².